The van der Waals surface area contributed by atoms with Crippen molar-refractivity contribution in [1.29, 1.82) is 0 Å². The number of hydrogen-bond donors (Lipinski definition) is 1. The molecule has 2 fully saturated rings. The van der Waals surface area contributed by atoms with Crippen molar-refractivity contribution in [3.8, 4) is 0 Å². The van der Waals surface area contributed by atoms with Gasteiger partial charge in [0, 0.05) is 12.1 Å². The van der Waals surface area contributed by atoms with E-state index in [-0.39, 0.29) is 29.9 Å². The molecule has 1 aliphatic carbocycles. The lowest BCUT2D eigenvalue weighted by Crippen LogP contribution is -2.43. The molecule has 0 spiro atoms. The fourth-order valence-electron chi connectivity index (χ4n) is 3.47. The van der Waals surface area contributed by atoms with Gasteiger partial charge in [-0.3, -0.25) is 19.8 Å². The van der Waals surface area contributed by atoms with Gasteiger partial charge in [0.25, 0.3) is 0 Å². The fraction of sp³-hybridized carbons (Fsp3) is 0.529. The summed E-state index contributed by atoms with van der Waals surface area (Å²) >= 11 is 0. The van der Waals surface area contributed by atoms with Crippen LogP contribution in [0.5, 0.6) is 0 Å². The lowest BCUT2D eigenvalue weighted by atomic mass is 10.1. The summed E-state index contributed by atoms with van der Waals surface area (Å²) in [6.45, 7) is 2.03. The zero-order valence-corrected chi connectivity index (χ0v) is 12.4. The Kier molecular flexibility index (Phi) is 4.06. The number of carbonyl (C=O) groups excluding carboxylic acids is 2. The lowest BCUT2D eigenvalue weighted by molar-refractivity contribution is -0.141. The van der Waals surface area contributed by atoms with Gasteiger partial charge in [0.05, 0.1) is 12.5 Å². The summed E-state index contributed by atoms with van der Waals surface area (Å²) in [5.74, 6) is -0.0423. The lowest BCUT2D eigenvalue weighted by Gasteiger charge is -2.23. The molecule has 1 saturated heterocycles. The Bertz CT molecular complexity index is 523. The van der Waals surface area contributed by atoms with Crippen LogP contribution in [-0.2, 0) is 9.59 Å². The SMILES string of the molecule is CC(NC1CC(=O)N(C2CCCC2)C1=O)c1ccccc1. The van der Waals surface area contributed by atoms with Crippen LogP contribution in [0.3, 0.4) is 0 Å². The highest BCUT2D eigenvalue weighted by Crippen LogP contribution is 2.28. The van der Waals surface area contributed by atoms with Crippen molar-refractivity contribution in [2.45, 2.75) is 57.2 Å². The van der Waals surface area contributed by atoms with Crippen LogP contribution >= 0.6 is 0 Å². The molecule has 0 aromatic heterocycles. The van der Waals surface area contributed by atoms with Crippen LogP contribution in [0.25, 0.3) is 0 Å². The van der Waals surface area contributed by atoms with E-state index in [2.05, 4.69) is 5.32 Å². The predicted molar refractivity (Wildman–Crippen MR) is 80.5 cm³/mol. The molecule has 4 nitrogen and oxygen atoms in total. The van der Waals surface area contributed by atoms with Gasteiger partial charge < -0.3 is 0 Å². The Morgan fingerprint density at radius 3 is 2.48 bits per heavy atom. The van der Waals surface area contributed by atoms with Crippen molar-refractivity contribution in [3.05, 3.63) is 35.9 Å². The Balaban J connectivity index is 1.67. The number of nitrogens with zero attached hydrogens (tertiary/aromatic N) is 1. The van der Waals surface area contributed by atoms with Gasteiger partial charge in [-0.2, -0.15) is 0 Å². The molecule has 2 atom stereocenters. The van der Waals surface area contributed by atoms with Crippen molar-refractivity contribution in [3.63, 3.8) is 0 Å². The molecule has 2 amide bonds. The maximum absolute atomic E-state index is 12.5. The topological polar surface area (TPSA) is 49.4 Å². The number of imide groups is 1. The van der Waals surface area contributed by atoms with E-state index >= 15 is 0 Å². The number of nitrogens with one attached hydrogen (secondary N) is 1. The van der Waals surface area contributed by atoms with E-state index in [1.807, 2.05) is 37.3 Å². The smallest absolute Gasteiger partial charge is 0.247 e. The number of benzene rings is 1. The minimum absolute atomic E-state index is 0.00957. The summed E-state index contributed by atoms with van der Waals surface area (Å²) in [7, 11) is 0. The van der Waals surface area contributed by atoms with Gasteiger partial charge in [-0.15, -0.1) is 0 Å². The zero-order valence-electron chi connectivity index (χ0n) is 12.4. The van der Waals surface area contributed by atoms with Gasteiger partial charge in [-0.05, 0) is 25.3 Å². The number of carbonyl (C=O) groups is 2. The number of amides is 2. The average Bonchev–Trinajstić information content (AvgIpc) is 3.09. The summed E-state index contributed by atoms with van der Waals surface area (Å²) in [6, 6.07) is 9.86. The average molecular weight is 286 g/mol. The fourth-order valence-corrected chi connectivity index (χ4v) is 3.47. The van der Waals surface area contributed by atoms with Crippen molar-refractivity contribution in [2.24, 2.45) is 0 Å². The van der Waals surface area contributed by atoms with Gasteiger partial charge >= 0.3 is 0 Å². The predicted octanol–water partition coefficient (Wildman–Crippen LogP) is 2.41. The van der Waals surface area contributed by atoms with Crippen LogP contribution in [0.1, 0.15) is 50.6 Å². The minimum Gasteiger partial charge on any atom is -0.299 e. The van der Waals surface area contributed by atoms with E-state index in [4.69, 9.17) is 0 Å². The van der Waals surface area contributed by atoms with Gasteiger partial charge in [-0.1, -0.05) is 43.2 Å². The second-order valence-electron chi connectivity index (χ2n) is 6.10. The van der Waals surface area contributed by atoms with Crippen LogP contribution in [0.15, 0.2) is 30.3 Å². The molecule has 112 valence electrons. The molecular weight excluding hydrogens is 264 g/mol. The Hall–Kier alpha value is -1.68. The maximum atomic E-state index is 12.5. The molecular formula is C17H22N2O2. The van der Waals surface area contributed by atoms with Gasteiger partial charge in [0.15, 0.2) is 0 Å². The summed E-state index contributed by atoms with van der Waals surface area (Å²) in [5.41, 5.74) is 1.14. The number of hydrogen-bond acceptors (Lipinski definition) is 3. The van der Waals surface area contributed by atoms with Crippen molar-refractivity contribution in [2.75, 3.05) is 0 Å². The molecule has 1 aromatic carbocycles. The highest BCUT2D eigenvalue weighted by atomic mass is 16.2. The van der Waals surface area contributed by atoms with Crippen molar-refractivity contribution < 1.29 is 9.59 Å². The van der Waals surface area contributed by atoms with E-state index in [1.54, 1.807) is 0 Å². The molecule has 1 aromatic rings. The largest absolute Gasteiger partial charge is 0.299 e. The van der Waals surface area contributed by atoms with Crippen molar-refractivity contribution >= 4 is 11.8 Å². The first kappa shape index (κ1) is 14.3. The summed E-state index contributed by atoms with van der Waals surface area (Å²) < 4.78 is 0. The van der Waals surface area contributed by atoms with Crippen LogP contribution in [0, 0.1) is 0 Å². The van der Waals surface area contributed by atoms with Crippen LogP contribution < -0.4 is 5.32 Å². The number of rotatable bonds is 4. The van der Waals surface area contributed by atoms with Gasteiger partial charge in [0.1, 0.15) is 0 Å². The second-order valence-corrected chi connectivity index (χ2v) is 6.10. The van der Waals surface area contributed by atoms with E-state index in [0.29, 0.717) is 6.42 Å². The first-order valence-electron chi connectivity index (χ1n) is 7.83. The third-order valence-electron chi connectivity index (χ3n) is 4.62. The standard InChI is InChI=1S/C17H22N2O2/c1-12(13-7-3-2-4-8-13)18-15-11-16(20)19(17(15)21)14-9-5-6-10-14/h2-4,7-8,12,14-15,18H,5-6,9-11H2,1H3. The van der Waals surface area contributed by atoms with Crippen molar-refractivity contribution in [1.82, 2.24) is 10.2 Å². The summed E-state index contributed by atoms with van der Waals surface area (Å²) in [5, 5.41) is 3.32. The quantitative estimate of drug-likeness (QED) is 0.865. The van der Waals surface area contributed by atoms with Crippen LogP contribution in [0.2, 0.25) is 0 Å². The molecule has 0 radical (unpaired) electrons. The molecule has 3 rings (SSSR count). The monoisotopic (exact) mass is 286 g/mol. The molecule has 2 aliphatic rings. The molecule has 1 heterocycles. The van der Waals surface area contributed by atoms with Gasteiger partial charge in [0.2, 0.25) is 11.8 Å². The molecule has 2 unspecified atom stereocenters. The maximum Gasteiger partial charge on any atom is 0.247 e. The first-order valence-corrected chi connectivity index (χ1v) is 7.83. The van der Waals surface area contributed by atoms with E-state index in [1.165, 1.54) is 4.90 Å². The van der Waals surface area contributed by atoms with Gasteiger partial charge in [-0.25, -0.2) is 0 Å². The molecule has 1 aliphatic heterocycles. The molecule has 21 heavy (non-hydrogen) atoms. The Morgan fingerprint density at radius 2 is 1.81 bits per heavy atom. The van der Waals surface area contributed by atoms with Crippen LogP contribution in [-0.4, -0.2) is 28.8 Å². The summed E-state index contributed by atoms with van der Waals surface area (Å²) in [6.07, 6.45) is 4.49. The summed E-state index contributed by atoms with van der Waals surface area (Å²) in [4.78, 5) is 26.2. The molecule has 1 N–H and O–H groups in total. The zero-order chi connectivity index (χ0) is 14.8. The molecule has 0 bridgehead atoms. The normalized spacial score (nSPS) is 24.8. The minimum atomic E-state index is -0.367. The molecule has 4 heteroatoms. The van der Waals surface area contributed by atoms with E-state index in [0.717, 1.165) is 31.2 Å². The Morgan fingerprint density at radius 1 is 1.14 bits per heavy atom. The highest BCUT2D eigenvalue weighted by molar-refractivity contribution is 6.05. The van der Waals surface area contributed by atoms with E-state index < -0.39 is 0 Å². The third-order valence-corrected chi connectivity index (χ3v) is 4.62. The highest BCUT2D eigenvalue weighted by Gasteiger charge is 2.43. The van der Waals surface area contributed by atoms with Crippen LogP contribution in [0.4, 0.5) is 0 Å². The second kappa shape index (κ2) is 5.98. The third kappa shape index (κ3) is 2.86. The van der Waals surface area contributed by atoms with E-state index in [9.17, 15) is 9.59 Å². The molecule has 1 saturated carbocycles. The number of likely N-dealkylation sites (tertiary alicyclic amines) is 1. The Labute approximate surface area is 125 Å². The first-order chi connectivity index (χ1) is 10.2.